The summed E-state index contributed by atoms with van der Waals surface area (Å²) < 4.78 is 4.96. The molecule has 0 saturated heterocycles. The molecule has 0 spiro atoms. The molecule has 1 aliphatic rings. The molecule has 0 radical (unpaired) electrons. The summed E-state index contributed by atoms with van der Waals surface area (Å²) in [7, 11) is 3.80. The number of hydrogen-bond acceptors (Lipinski definition) is 3. The lowest BCUT2D eigenvalue weighted by atomic mass is 10.2. The van der Waals surface area contributed by atoms with Gasteiger partial charge in [0.05, 0.1) is 6.67 Å². The highest BCUT2D eigenvalue weighted by Gasteiger charge is 2.05. The molecule has 11 heavy (non-hydrogen) atoms. The van der Waals surface area contributed by atoms with Crippen molar-refractivity contribution in [3.05, 3.63) is 11.9 Å². The van der Waals surface area contributed by atoms with Crippen molar-refractivity contribution >= 4 is 0 Å². The zero-order chi connectivity index (χ0) is 8.10. The summed E-state index contributed by atoms with van der Waals surface area (Å²) in [4.78, 5) is 2.14. The summed E-state index contributed by atoms with van der Waals surface area (Å²) in [6, 6.07) is 0. The van der Waals surface area contributed by atoms with Gasteiger partial charge >= 0.3 is 0 Å². The third-order valence-electron chi connectivity index (χ3n) is 1.73. The Morgan fingerprint density at radius 2 is 2.55 bits per heavy atom. The Kier molecular flexibility index (Phi) is 3.23. The van der Waals surface area contributed by atoms with Gasteiger partial charge in [-0.05, 0) is 12.8 Å². The first-order valence-corrected chi connectivity index (χ1v) is 3.96. The average Bonchev–Trinajstić information content (AvgIpc) is 2.37. The Morgan fingerprint density at radius 3 is 3.09 bits per heavy atom. The Balaban J connectivity index is 2.12. The van der Waals surface area contributed by atoms with Gasteiger partial charge in [0, 0.05) is 32.7 Å². The first-order chi connectivity index (χ1) is 5.33. The highest BCUT2D eigenvalue weighted by Crippen LogP contribution is 2.07. The van der Waals surface area contributed by atoms with Crippen LogP contribution in [-0.4, -0.2) is 32.3 Å². The van der Waals surface area contributed by atoms with Crippen LogP contribution in [0.1, 0.15) is 12.8 Å². The number of ether oxygens (including phenoxy) is 1. The van der Waals surface area contributed by atoms with Crippen molar-refractivity contribution < 1.29 is 4.74 Å². The van der Waals surface area contributed by atoms with Crippen LogP contribution in [0.25, 0.3) is 0 Å². The number of hydrogen-bond donors (Lipinski definition) is 1. The van der Waals surface area contributed by atoms with Crippen LogP contribution >= 0.6 is 0 Å². The number of methoxy groups -OCH3 is 1. The van der Waals surface area contributed by atoms with Gasteiger partial charge in [-0.15, -0.1) is 0 Å². The summed E-state index contributed by atoms with van der Waals surface area (Å²) in [5.74, 6) is 0. The SMILES string of the molecule is COCCCC1=CN(C)CN1. The fraction of sp³-hybridized carbons (Fsp3) is 0.750. The zero-order valence-electron chi connectivity index (χ0n) is 7.26. The van der Waals surface area contributed by atoms with Crippen molar-refractivity contribution in [1.82, 2.24) is 10.2 Å². The van der Waals surface area contributed by atoms with E-state index in [1.165, 1.54) is 5.70 Å². The van der Waals surface area contributed by atoms with Crippen molar-refractivity contribution in [3.8, 4) is 0 Å². The Bertz CT molecular complexity index is 145. The minimum Gasteiger partial charge on any atom is -0.385 e. The number of allylic oxidation sites excluding steroid dienone is 1. The molecule has 0 aromatic rings. The van der Waals surface area contributed by atoms with E-state index in [1.54, 1.807) is 7.11 Å². The molecule has 1 heterocycles. The van der Waals surface area contributed by atoms with E-state index >= 15 is 0 Å². The molecule has 64 valence electrons. The van der Waals surface area contributed by atoms with Crippen LogP contribution in [-0.2, 0) is 4.74 Å². The summed E-state index contributed by atoms with van der Waals surface area (Å²) in [6.07, 6.45) is 4.34. The van der Waals surface area contributed by atoms with Crippen LogP contribution in [0.4, 0.5) is 0 Å². The monoisotopic (exact) mass is 156 g/mol. The van der Waals surface area contributed by atoms with Gasteiger partial charge in [-0.3, -0.25) is 0 Å². The molecule has 0 aromatic heterocycles. The van der Waals surface area contributed by atoms with Gasteiger partial charge in [-0.25, -0.2) is 0 Å². The van der Waals surface area contributed by atoms with Crippen LogP contribution < -0.4 is 5.32 Å². The Labute approximate surface area is 68.0 Å². The smallest absolute Gasteiger partial charge is 0.0866 e. The average molecular weight is 156 g/mol. The molecule has 0 unspecified atom stereocenters. The standard InChI is InChI=1S/C8H16N2O/c1-10-6-8(9-7-10)4-3-5-11-2/h6,9H,3-5,7H2,1-2H3. The maximum atomic E-state index is 4.96. The van der Waals surface area contributed by atoms with Crippen LogP contribution in [0.5, 0.6) is 0 Å². The van der Waals surface area contributed by atoms with Crippen LogP contribution in [0.2, 0.25) is 0 Å². The summed E-state index contributed by atoms with van der Waals surface area (Å²) >= 11 is 0. The van der Waals surface area contributed by atoms with E-state index in [9.17, 15) is 0 Å². The molecule has 0 amide bonds. The largest absolute Gasteiger partial charge is 0.385 e. The van der Waals surface area contributed by atoms with Crippen LogP contribution in [0.15, 0.2) is 11.9 Å². The van der Waals surface area contributed by atoms with Gasteiger partial charge in [0.25, 0.3) is 0 Å². The van der Waals surface area contributed by atoms with Crippen molar-refractivity contribution in [2.75, 3.05) is 27.4 Å². The molecule has 1 rings (SSSR count). The first-order valence-electron chi connectivity index (χ1n) is 3.96. The van der Waals surface area contributed by atoms with E-state index < -0.39 is 0 Å². The van der Waals surface area contributed by atoms with Gasteiger partial charge in [-0.2, -0.15) is 0 Å². The third kappa shape index (κ3) is 2.80. The van der Waals surface area contributed by atoms with Crippen LogP contribution in [0, 0.1) is 0 Å². The molecule has 0 saturated carbocycles. The van der Waals surface area contributed by atoms with E-state index in [1.807, 2.05) is 0 Å². The quantitative estimate of drug-likeness (QED) is 0.608. The summed E-state index contributed by atoms with van der Waals surface area (Å²) in [5.41, 5.74) is 1.32. The van der Waals surface area contributed by atoms with Crippen LogP contribution in [0.3, 0.4) is 0 Å². The summed E-state index contributed by atoms with van der Waals surface area (Å²) in [6.45, 7) is 1.80. The lowest BCUT2D eigenvalue weighted by molar-refractivity contribution is 0.195. The molecule has 0 aromatic carbocycles. The van der Waals surface area contributed by atoms with Gasteiger partial charge < -0.3 is 15.0 Å². The molecule has 3 heteroatoms. The molecule has 0 bridgehead atoms. The molecular formula is C8H16N2O. The fourth-order valence-electron chi connectivity index (χ4n) is 1.14. The minimum absolute atomic E-state index is 0.850. The third-order valence-corrected chi connectivity index (χ3v) is 1.73. The van der Waals surface area contributed by atoms with E-state index in [0.717, 1.165) is 26.1 Å². The van der Waals surface area contributed by atoms with E-state index in [-0.39, 0.29) is 0 Å². The van der Waals surface area contributed by atoms with Gasteiger partial charge in [0.2, 0.25) is 0 Å². The maximum Gasteiger partial charge on any atom is 0.0866 e. The van der Waals surface area contributed by atoms with E-state index in [4.69, 9.17) is 4.74 Å². The molecule has 0 fully saturated rings. The minimum atomic E-state index is 0.850. The lowest BCUT2D eigenvalue weighted by Gasteiger charge is -2.03. The molecular weight excluding hydrogens is 140 g/mol. The molecule has 0 atom stereocenters. The van der Waals surface area contributed by atoms with Gasteiger partial charge in [-0.1, -0.05) is 0 Å². The van der Waals surface area contributed by atoms with E-state index in [0.29, 0.717) is 0 Å². The zero-order valence-corrected chi connectivity index (χ0v) is 7.26. The second-order valence-corrected chi connectivity index (χ2v) is 2.84. The predicted molar refractivity (Wildman–Crippen MR) is 45.0 cm³/mol. The predicted octanol–water partition coefficient (Wildman–Crippen LogP) is 0.747. The van der Waals surface area contributed by atoms with E-state index in [2.05, 4.69) is 23.5 Å². The highest BCUT2D eigenvalue weighted by molar-refractivity contribution is 5.03. The van der Waals surface area contributed by atoms with Crippen molar-refractivity contribution in [3.63, 3.8) is 0 Å². The van der Waals surface area contributed by atoms with Crippen molar-refractivity contribution in [2.45, 2.75) is 12.8 Å². The Hall–Kier alpha value is -0.700. The number of nitrogens with one attached hydrogen (secondary N) is 1. The topological polar surface area (TPSA) is 24.5 Å². The van der Waals surface area contributed by atoms with Gasteiger partial charge in [0.1, 0.15) is 0 Å². The fourth-order valence-corrected chi connectivity index (χ4v) is 1.14. The van der Waals surface area contributed by atoms with Gasteiger partial charge in [0.15, 0.2) is 0 Å². The molecule has 0 aliphatic carbocycles. The molecule has 1 N–H and O–H groups in total. The molecule has 1 aliphatic heterocycles. The molecule has 3 nitrogen and oxygen atoms in total. The number of nitrogens with zero attached hydrogens (tertiary/aromatic N) is 1. The van der Waals surface area contributed by atoms with Crippen molar-refractivity contribution in [2.24, 2.45) is 0 Å². The normalized spacial score (nSPS) is 16.5. The summed E-state index contributed by atoms with van der Waals surface area (Å²) in [5, 5.41) is 3.30. The number of rotatable bonds is 4. The second kappa shape index (κ2) is 4.23. The lowest BCUT2D eigenvalue weighted by Crippen LogP contribution is -2.16. The van der Waals surface area contributed by atoms with Crippen molar-refractivity contribution in [1.29, 1.82) is 0 Å². The second-order valence-electron chi connectivity index (χ2n) is 2.84. The first kappa shape index (κ1) is 8.40. The highest BCUT2D eigenvalue weighted by atomic mass is 16.5. The maximum absolute atomic E-state index is 4.96. The Morgan fingerprint density at radius 1 is 1.73 bits per heavy atom.